The number of carboxylic acid groups (broad SMARTS) is 1. The van der Waals surface area contributed by atoms with Crippen LogP contribution in [-0.2, 0) is 17.8 Å². The molecule has 2 aromatic rings. The van der Waals surface area contributed by atoms with Gasteiger partial charge in [-0.1, -0.05) is 12.1 Å². The molecule has 24 heavy (non-hydrogen) atoms. The largest absolute Gasteiger partial charge is 0.547 e. The number of hydrogen-bond donors (Lipinski definition) is 3. The summed E-state index contributed by atoms with van der Waals surface area (Å²) >= 11 is 0. The van der Waals surface area contributed by atoms with Crippen LogP contribution in [0.15, 0.2) is 36.7 Å². The number of para-hydroxylation sites is 1. The molecule has 0 spiro atoms. The molecule has 2 heterocycles. The van der Waals surface area contributed by atoms with Crippen LogP contribution < -0.4 is 9.97 Å². The van der Waals surface area contributed by atoms with Gasteiger partial charge in [0, 0.05) is 25.4 Å². The first-order valence-corrected chi connectivity index (χ1v) is 7.51. The lowest BCUT2D eigenvalue weighted by atomic mass is 9.72. The Hall–Kier alpha value is -2.81. The summed E-state index contributed by atoms with van der Waals surface area (Å²) in [7, 11) is -1.30. The topological polar surface area (TPSA) is 114 Å². The van der Waals surface area contributed by atoms with Crippen molar-refractivity contribution in [3.05, 3.63) is 47.8 Å². The highest BCUT2D eigenvalue weighted by molar-refractivity contribution is 6.47. The molecule has 1 aliphatic rings. The van der Waals surface area contributed by atoms with Gasteiger partial charge in [-0.2, -0.15) is 5.10 Å². The molecule has 3 N–H and O–H groups in total. The number of rotatable bonds is 5. The van der Waals surface area contributed by atoms with Crippen molar-refractivity contribution in [1.29, 1.82) is 0 Å². The maximum Gasteiger partial charge on any atom is 0.547 e. The lowest BCUT2D eigenvalue weighted by Crippen LogP contribution is -2.53. The van der Waals surface area contributed by atoms with Gasteiger partial charge in [0.05, 0.1) is 11.5 Å². The fourth-order valence-corrected chi connectivity index (χ4v) is 2.64. The Morgan fingerprint density at radius 2 is 2.25 bits per heavy atom. The second-order valence-electron chi connectivity index (χ2n) is 5.50. The molecule has 0 aliphatic carbocycles. The molecule has 9 heteroatoms. The number of carbonyl (C=O) groups is 2. The molecule has 1 unspecified atom stereocenters. The lowest BCUT2D eigenvalue weighted by molar-refractivity contribution is -0.121. The minimum Gasteiger partial charge on any atom is -0.534 e. The number of nitrogens with one attached hydrogen (secondary N) is 1. The van der Waals surface area contributed by atoms with Crippen molar-refractivity contribution < 1.29 is 24.4 Å². The van der Waals surface area contributed by atoms with E-state index < -0.39 is 19.0 Å². The summed E-state index contributed by atoms with van der Waals surface area (Å²) < 4.78 is 6.97. The summed E-state index contributed by atoms with van der Waals surface area (Å²) in [5.74, 6) is -1.84. The zero-order chi connectivity index (χ0) is 17.1. The molecular formula is C15H16BN3O5. The third-order valence-corrected chi connectivity index (χ3v) is 3.82. The summed E-state index contributed by atoms with van der Waals surface area (Å²) in [5.41, 5.74) is 0.632. The maximum atomic E-state index is 12.0. The van der Waals surface area contributed by atoms with Crippen molar-refractivity contribution in [2.75, 3.05) is 0 Å². The van der Waals surface area contributed by atoms with Gasteiger partial charge in [-0.3, -0.25) is 9.48 Å². The molecule has 1 aromatic carbocycles. The van der Waals surface area contributed by atoms with Gasteiger partial charge in [0.15, 0.2) is 0 Å². The van der Waals surface area contributed by atoms with E-state index >= 15 is 0 Å². The molecule has 0 radical (unpaired) electrons. The average Bonchev–Trinajstić information content (AvgIpc) is 3.06. The Morgan fingerprint density at radius 3 is 2.96 bits per heavy atom. The second-order valence-corrected chi connectivity index (χ2v) is 5.50. The molecular weight excluding hydrogens is 313 g/mol. The first-order valence-electron chi connectivity index (χ1n) is 7.51. The third kappa shape index (κ3) is 3.41. The Balaban J connectivity index is 1.64. The smallest absolute Gasteiger partial charge is 0.534 e. The molecule has 1 aromatic heterocycles. The molecule has 0 saturated carbocycles. The number of nitrogens with zero attached hydrogens (tertiary/aromatic N) is 2. The summed E-state index contributed by atoms with van der Waals surface area (Å²) in [4.78, 5) is 23.2. The molecule has 3 rings (SSSR count). The van der Waals surface area contributed by atoms with E-state index in [2.05, 4.69) is 10.4 Å². The van der Waals surface area contributed by atoms with Crippen LogP contribution in [0.25, 0.3) is 0 Å². The summed E-state index contributed by atoms with van der Waals surface area (Å²) in [5, 5.41) is 26.0. The number of aromatic carboxylic acids is 1. The van der Waals surface area contributed by atoms with Crippen LogP contribution in [0.4, 0.5) is 0 Å². The highest BCUT2D eigenvalue weighted by atomic mass is 16.5. The number of carboxylic acids is 1. The van der Waals surface area contributed by atoms with E-state index in [-0.39, 0.29) is 23.6 Å². The Morgan fingerprint density at radius 1 is 1.42 bits per heavy atom. The molecule has 0 saturated heterocycles. The predicted octanol–water partition coefficient (Wildman–Crippen LogP) is 0.111. The average molecular weight is 329 g/mol. The lowest BCUT2D eigenvalue weighted by Gasteiger charge is -2.28. The van der Waals surface area contributed by atoms with Crippen LogP contribution in [0.1, 0.15) is 22.3 Å². The fourth-order valence-electron chi connectivity index (χ4n) is 2.64. The molecule has 124 valence electrons. The number of amides is 1. The third-order valence-electron chi connectivity index (χ3n) is 3.82. The van der Waals surface area contributed by atoms with Crippen LogP contribution in [0.5, 0.6) is 5.75 Å². The first-order chi connectivity index (χ1) is 11.5. The van der Waals surface area contributed by atoms with Gasteiger partial charge in [0.25, 0.3) is 0 Å². The van der Waals surface area contributed by atoms with Gasteiger partial charge in [-0.25, -0.2) is 4.79 Å². The first kappa shape index (κ1) is 16.1. The normalized spacial score (nSPS) is 16.2. The summed E-state index contributed by atoms with van der Waals surface area (Å²) in [6.45, 7) is 0.433. The number of benzene rings is 1. The van der Waals surface area contributed by atoms with Crippen molar-refractivity contribution in [2.45, 2.75) is 25.3 Å². The monoisotopic (exact) mass is 329 g/mol. The number of aryl methyl sites for hydroxylation is 1. The fraction of sp³-hybridized carbons (Fsp3) is 0.267. The number of hydrogen-bond acceptors (Lipinski definition) is 5. The van der Waals surface area contributed by atoms with Gasteiger partial charge >= 0.3 is 13.1 Å². The summed E-state index contributed by atoms with van der Waals surface area (Å²) in [6, 6.07) is 6.51. The van der Waals surface area contributed by atoms with Gasteiger partial charge in [-0.05, 0) is 24.1 Å². The van der Waals surface area contributed by atoms with E-state index in [1.54, 1.807) is 35.3 Å². The van der Waals surface area contributed by atoms with Gasteiger partial charge in [0.2, 0.25) is 5.91 Å². The van der Waals surface area contributed by atoms with Crippen LogP contribution in [0.2, 0.25) is 0 Å². The van der Waals surface area contributed by atoms with Gasteiger partial charge in [0.1, 0.15) is 5.75 Å². The van der Waals surface area contributed by atoms with Crippen molar-refractivity contribution >= 4 is 19.0 Å². The van der Waals surface area contributed by atoms with Crippen LogP contribution in [0, 0.1) is 0 Å². The van der Waals surface area contributed by atoms with Gasteiger partial charge in [-0.15, -0.1) is 0 Å². The van der Waals surface area contributed by atoms with Crippen LogP contribution in [0.3, 0.4) is 0 Å². The second kappa shape index (κ2) is 6.75. The Labute approximate surface area is 138 Å². The van der Waals surface area contributed by atoms with E-state index in [9.17, 15) is 14.6 Å². The number of carbonyl (C=O) groups excluding carboxylic acids is 1. The van der Waals surface area contributed by atoms with Gasteiger partial charge < -0.3 is 20.1 Å². The molecule has 0 fully saturated rings. The standard InChI is InChI=1S/C15H16BN3O5/c20-13(5-8-19-7-2-6-17-19)18-12-9-10-3-1-4-11(15(21)22)14(10)24-16(12)23/h1-4,6-7,12,23H,5,8-9H2,(H,18,20)(H,21,22). The Bertz CT molecular complexity index is 750. The Kier molecular flexibility index (Phi) is 4.52. The van der Waals surface area contributed by atoms with E-state index in [0.29, 0.717) is 18.5 Å². The highest BCUT2D eigenvalue weighted by Crippen LogP contribution is 2.30. The number of aromatic nitrogens is 2. The number of fused-ring (bicyclic) bond motifs is 1. The van der Waals surface area contributed by atoms with Crippen LogP contribution >= 0.6 is 0 Å². The zero-order valence-electron chi connectivity index (χ0n) is 12.8. The van der Waals surface area contributed by atoms with E-state index in [1.165, 1.54) is 6.07 Å². The molecule has 8 nitrogen and oxygen atoms in total. The van der Waals surface area contributed by atoms with Crippen LogP contribution in [-0.4, -0.2) is 44.8 Å². The quantitative estimate of drug-likeness (QED) is 0.671. The van der Waals surface area contributed by atoms with Crippen molar-refractivity contribution in [2.24, 2.45) is 0 Å². The predicted molar refractivity (Wildman–Crippen MR) is 84.5 cm³/mol. The van der Waals surface area contributed by atoms with E-state index in [1.807, 2.05) is 0 Å². The SMILES string of the molecule is O=C(CCn1cccn1)NC1Cc2cccc(C(=O)O)c2OB1O. The van der Waals surface area contributed by atoms with Crippen molar-refractivity contribution in [3.63, 3.8) is 0 Å². The molecule has 1 amide bonds. The molecule has 1 atom stereocenters. The van der Waals surface area contributed by atoms with Crippen molar-refractivity contribution in [1.82, 2.24) is 15.1 Å². The zero-order valence-corrected chi connectivity index (χ0v) is 12.8. The molecule has 0 bridgehead atoms. The molecule has 1 aliphatic heterocycles. The minimum atomic E-state index is -1.30. The highest BCUT2D eigenvalue weighted by Gasteiger charge is 2.37. The summed E-state index contributed by atoms with van der Waals surface area (Å²) in [6.07, 6.45) is 3.90. The van der Waals surface area contributed by atoms with E-state index in [4.69, 9.17) is 9.76 Å². The van der Waals surface area contributed by atoms with E-state index in [0.717, 1.165) is 0 Å². The maximum absolute atomic E-state index is 12.0. The minimum absolute atomic E-state index is 0.00462. The van der Waals surface area contributed by atoms with Crippen molar-refractivity contribution in [3.8, 4) is 5.75 Å².